The van der Waals surface area contributed by atoms with Gasteiger partial charge in [0.25, 0.3) is 0 Å². The van der Waals surface area contributed by atoms with Gasteiger partial charge in [-0.05, 0) is 47.7 Å². The monoisotopic (exact) mass is 506 g/mol. The molecule has 7 nitrogen and oxygen atoms in total. The molecule has 2 aromatic carbocycles. The molecule has 0 bridgehead atoms. The quantitative estimate of drug-likeness (QED) is 0.156. The molecule has 8 heteroatoms. The number of hydrogen-bond acceptors (Lipinski definition) is 5. The van der Waals surface area contributed by atoms with Crippen molar-refractivity contribution in [3.05, 3.63) is 90.3 Å². The van der Waals surface area contributed by atoms with E-state index in [0.29, 0.717) is 19.8 Å². The highest BCUT2D eigenvalue weighted by Gasteiger charge is 2.24. The summed E-state index contributed by atoms with van der Waals surface area (Å²) in [6.45, 7) is 4.49. The Bertz CT molecular complexity index is 1260. The average molecular weight is 507 g/mol. The number of ether oxygens (including phenoxy) is 2. The number of imidazole rings is 1. The van der Waals surface area contributed by atoms with Gasteiger partial charge in [-0.3, -0.25) is 4.57 Å². The molecule has 36 heavy (non-hydrogen) atoms. The van der Waals surface area contributed by atoms with E-state index in [1.807, 2.05) is 37.9 Å². The molecule has 0 spiro atoms. The molecule has 1 amide bonds. The van der Waals surface area contributed by atoms with Crippen LogP contribution in [-0.4, -0.2) is 52.5 Å². The van der Waals surface area contributed by atoms with Crippen molar-refractivity contribution in [3.63, 3.8) is 0 Å². The Morgan fingerprint density at radius 1 is 1.11 bits per heavy atom. The van der Waals surface area contributed by atoms with E-state index in [4.69, 9.17) is 9.47 Å². The highest BCUT2D eigenvalue weighted by molar-refractivity contribution is 7.80. The summed E-state index contributed by atoms with van der Waals surface area (Å²) in [5.41, 5.74) is 3.19. The van der Waals surface area contributed by atoms with Gasteiger partial charge in [-0.2, -0.15) is 0 Å². The van der Waals surface area contributed by atoms with Crippen LogP contribution in [0.5, 0.6) is 0 Å². The Hall–Kier alpha value is -3.07. The third-order valence-electron chi connectivity index (χ3n) is 6.16. The maximum absolute atomic E-state index is 12.7. The fourth-order valence-electron chi connectivity index (χ4n) is 4.47. The number of thiol groups is 1. The molecule has 0 aliphatic carbocycles. The van der Waals surface area contributed by atoms with E-state index in [2.05, 4.69) is 70.0 Å². The third kappa shape index (κ3) is 6.37. The zero-order chi connectivity index (χ0) is 25.3. The first-order valence-corrected chi connectivity index (χ1v) is 12.8. The van der Waals surface area contributed by atoms with Crippen molar-refractivity contribution < 1.29 is 14.3 Å². The van der Waals surface area contributed by atoms with Crippen molar-refractivity contribution in [1.82, 2.24) is 19.4 Å². The second-order valence-electron chi connectivity index (χ2n) is 8.77. The van der Waals surface area contributed by atoms with Gasteiger partial charge in [0.15, 0.2) is 0 Å². The number of carbonyl (C=O) groups is 1. The number of hydrogen-bond donors (Lipinski definition) is 2. The summed E-state index contributed by atoms with van der Waals surface area (Å²) in [4.78, 5) is 17.2. The standard InChI is InChI=1S/C28H34N4O3S/c1-21(36)35-17-7-14-32-20-29-18-26(32)27(25-11-5-9-22-8-3-4-10-24(22)25)23-12-15-31(19-23)28(33)30-13-6-16-34-2/h3-5,8-12,15,18-21,27,36H,6-7,13-14,16-17H2,1-2H3,(H,30,33). The number of fused-ring (bicyclic) bond motifs is 1. The molecule has 0 saturated carbocycles. The molecule has 0 saturated heterocycles. The van der Waals surface area contributed by atoms with E-state index in [1.165, 1.54) is 16.3 Å². The molecule has 190 valence electrons. The van der Waals surface area contributed by atoms with Crippen LogP contribution in [0.4, 0.5) is 4.79 Å². The lowest BCUT2D eigenvalue weighted by atomic mass is 9.87. The number of nitrogens with zero attached hydrogens (tertiary/aromatic N) is 3. The first kappa shape index (κ1) is 26.0. The van der Waals surface area contributed by atoms with Gasteiger partial charge >= 0.3 is 6.03 Å². The Balaban J connectivity index is 1.67. The van der Waals surface area contributed by atoms with Crippen LogP contribution < -0.4 is 5.32 Å². The Labute approximate surface area is 217 Å². The summed E-state index contributed by atoms with van der Waals surface area (Å²) in [6, 6.07) is 16.6. The molecule has 2 unspecified atom stereocenters. The molecule has 0 radical (unpaired) electrons. The minimum Gasteiger partial charge on any atom is -0.385 e. The van der Waals surface area contributed by atoms with Crippen molar-refractivity contribution in [2.24, 2.45) is 0 Å². The molecule has 2 heterocycles. The van der Waals surface area contributed by atoms with Gasteiger partial charge < -0.3 is 19.4 Å². The summed E-state index contributed by atoms with van der Waals surface area (Å²) < 4.78 is 14.5. The number of amides is 1. The van der Waals surface area contributed by atoms with E-state index in [0.717, 1.165) is 30.6 Å². The van der Waals surface area contributed by atoms with Crippen LogP contribution in [0.1, 0.15) is 42.5 Å². The SMILES string of the molecule is COCCCNC(=O)n1ccc(C(c2cccc3ccccc23)c2cncn2CCCOC(C)S)c1. The van der Waals surface area contributed by atoms with Crippen LogP contribution in [0.15, 0.2) is 73.4 Å². The molecule has 2 atom stereocenters. The number of carbonyl (C=O) groups excluding carboxylic acids is 1. The van der Waals surface area contributed by atoms with Gasteiger partial charge in [-0.25, -0.2) is 9.78 Å². The summed E-state index contributed by atoms with van der Waals surface area (Å²) >= 11 is 4.30. The van der Waals surface area contributed by atoms with Crippen LogP contribution in [0, 0.1) is 0 Å². The Morgan fingerprint density at radius 2 is 1.94 bits per heavy atom. The molecule has 2 aromatic heterocycles. The van der Waals surface area contributed by atoms with Gasteiger partial charge in [0.2, 0.25) is 0 Å². The van der Waals surface area contributed by atoms with Crippen LogP contribution in [0.3, 0.4) is 0 Å². The predicted octanol–water partition coefficient (Wildman–Crippen LogP) is 5.29. The van der Waals surface area contributed by atoms with E-state index in [9.17, 15) is 4.79 Å². The second kappa shape index (κ2) is 12.8. The second-order valence-corrected chi connectivity index (χ2v) is 9.49. The van der Waals surface area contributed by atoms with E-state index < -0.39 is 0 Å². The van der Waals surface area contributed by atoms with E-state index in [-0.39, 0.29) is 17.4 Å². The molecule has 4 rings (SSSR count). The normalized spacial score (nSPS) is 13.1. The van der Waals surface area contributed by atoms with Gasteiger partial charge in [-0.15, -0.1) is 12.6 Å². The molecule has 1 N–H and O–H groups in total. The zero-order valence-electron chi connectivity index (χ0n) is 20.8. The highest BCUT2D eigenvalue weighted by atomic mass is 32.1. The van der Waals surface area contributed by atoms with Crippen molar-refractivity contribution in [3.8, 4) is 0 Å². The molecule has 0 aliphatic rings. The van der Waals surface area contributed by atoms with Crippen molar-refractivity contribution in [1.29, 1.82) is 0 Å². The first-order valence-electron chi connectivity index (χ1n) is 12.3. The van der Waals surface area contributed by atoms with Gasteiger partial charge in [0, 0.05) is 57.7 Å². The van der Waals surface area contributed by atoms with Crippen molar-refractivity contribution in [2.45, 2.75) is 37.7 Å². The fraction of sp³-hybridized carbons (Fsp3) is 0.357. The minimum atomic E-state index is -0.152. The summed E-state index contributed by atoms with van der Waals surface area (Å²) in [5, 5.41) is 5.31. The van der Waals surface area contributed by atoms with Crippen LogP contribution in [0.25, 0.3) is 10.8 Å². The topological polar surface area (TPSA) is 70.3 Å². The molecular formula is C28H34N4O3S. The Kier molecular flexibility index (Phi) is 9.22. The number of aromatic nitrogens is 3. The third-order valence-corrected chi connectivity index (χ3v) is 6.31. The predicted molar refractivity (Wildman–Crippen MR) is 146 cm³/mol. The van der Waals surface area contributed by atoms with Crippen LogP contribution in [-0.2, 0) is 16.0 Å². The summed E-state index contributed by atoms with van der Waals surface area (Å²) in [7, 11) is 1.66. The molecule has 4 aromatic rings. The smallest absolute Gasteiger partial charge is 0.325 e. The van der Waals surface area contributed by atoms with Crippen LogP contribution >= 0.6 is 12.6 Å². The van der Waals surface area contributed by atoms with E-state index in [1.54, 1.807) is 11.7 Å². The maximum atomic E-state index is 12.7. The van der Waals surface area contributed by atoms with Gasteiger partial charge in [0.05, 0.1) is 17.7 Å². The van der Waals surface area contributed by atoms with Crippen LogP contribution in [0.2, 0.25) is 0 Å². The lowest BCUT2D eigenvalue weighted by molar-refractivity contribution is 0.120. The zero-order valence-corrected chi connectivity index (χ0v) is 21.7. The van der Waals surface area contributed by atoms with Crippen molar-refractivity contribution in [2.75, 3.05) is 26.9 Å². The number of aryl methyl sites for hydroxylation is 1. The highest BCUT2D eigenvalue weighted by Crippen LogP contribution is 2.36. The lowest BCUT2D eigenvalue weighted by Gasteiger charge is -2.21. The largest absolute Gasteiger partial charge is 0.385 e. The van der Waals surface area contributed by atoms with Crippen molar-refractivity contribution >= 4 is 29.4 Å². The lowest BCUT2D eigenvalue weighted by Crippen LogP contribution is -2.29. The number of rotatable bonds is 12. The number of methoxy groups -OCH3 is 1. The summed E-state index contributed by atoms with van der Waals surface area (Å²) in [6.07, 6.45) is 9.15. The summed E-state index contributed by atoms with van der Waals surface area (Å²) in [5.74, 6) is -0.0918. The first-order chi connectivity index (χ1) is 17.6. The fourth-order valence-corrected chi connectivity index (χ4v) is 4.58. The number of nitrogens with one attached hydrogen (secondary N) is 1. The Morgan fingerprint density at radius 3 is 2.78 bits per heavy atom. The maximum Gasteiger partial charge on any atom is 0.325 e. The van der Waals surface area contributed by atoms with Gasteiger partial charge in [-0.1, -0.05) is 42.5 Å². The molecule has 0 aliphatic heterocycles. The minimum absolute atomic E-state index is 0.0869. The van der Waals surface area contributed by atoms with E-state index >= 15 is 0 Å². The molecular weight excluding hydrogens is 472 g/mol. The van der Waals surface area contributed by atoms with Gasteiger partial charge in [0.1, 0.15) is 0 Å². The molecule has 0 fully saturated rings. The number of benzene rings is 2. The average Bonchev–Trinajstić information content (AvgIpc) is 3.55.